The van der Waals surface area contributed by atoms with Crippen molar-refractivity contribution >= 4 is 17.5 Å². The standard InChI is InChI=1S/C15H20ClFN2O/c1-14(2)12(18)15(3,4)13(14)19-11(20)9-6-5-8(16)7-10(9)17/h5-7,12-13H,18H2,1-4H3,(H,19,20). The third-order valence-electron chi connectivity index (χ3n) is 4.54. The Morgan fingerprint density at radius 1 is 1.30 bits per heavy atom. The van der Waals surface area contributed by atoms with Crippen molar-refractivity contribution in [2.24, 2.45) is 16.6 Å². The highest BCUT2D eigenvalue weighted by molar-refractivity contribution is 6.30. The molecule has 20 heavy (non-hydrogen) atoms. The van der Waals surface area contributed by atoms with Gasteiger partial charge in [-0.2, -0.15) is 0 Å². The molecule has 110 valence electrons. The Hall–Kier alpha value is -1.13. The lowest BCUT2D eigenvalue weighted by Crippen LogP contribution is -2.76. The third-order valence-corrected chi connectivity index (χ3v) is 4.78. The molecule has 0 spiro atoms. The maximum Gasteiger partial charge on any atom is 0.254 e. The zero-order chi connectivity index (χ0) is 15.3. The summed E-state index contributed by atoms with van der Waals surface area (Å²) in [6.07, 6.45) is 0. The zero-order valence-corrected chi connectivity index (χ0v) is 12.9. The molecule has 1 amide bonds. The SMILES string of the molecule is CC1(C)C(N)C(C)(C)C1NC(=O)c1ccc(Cl)cc1F. The zero-order valence-electron chi connectivity index (χ0n) is 12.1. The molecule has 1 aromatic rings. The van der Waals surface area contributed by atoms with Crippen molar-refractivity contribution in [3.8, 4) is 0 Å². The average Bonchev–Trinajstić information content (AvgIpc) is 2.34. The van der Waals surface area contributed by atoms with Gasteiger partial charge in [0.2, 0.25) is 0 Å². The molecule has 0 radical (unpaired) electrons. The van der Waals surface area contributed by atoms with Crippen LogP contribution in [-0.2, 0) is 0 Å². The van der Waals surface area contributed by atoms with Gasteiger partial charge in [0.1, 0.15) is 5.82 Å². The highest BCUT2D eigenvalue weighted by Gasteiger charge is 2.60. The number of carbonyl (C=O) groups is 1. The molecular formula is C15H20ClFN2O. The topological polar surface area (TPSA) is 55.1 Å². The minimum absolute atomic E-state index is 0.00136. The number of nitrogens with two attached hydrogens (primary N) is 1. The van der Waals surface area contributed by atoms with Crippen LogP contribution in [0.25, 0.3) is 0 Å². The number of hydrogen-bond donors (Lipinski definition) is 2. The Kier molecular flexibility index (Phi) is 3.59. The van der Waals surface area contributed by atoms with Gasteiger partial charge in [0, 0.05) is 27.9 Å². The smallest absolute Gasteiger partial charge is 0.254 e. The molecule has 0 saturated heterocycles. The summed E-state index contributed by atoms with van der Waals surface area (Å²) in [4.78, 5) is 12.2. The second-order valence-corrected chi connectivity index (χ2v) is 7.09. The monoisotopic (exact) mass is 298 g/mol. The highest BCUT2D eigenvalue weighted by Crippen LogP contribution is 2.52. The Morgan fingerprint density at radius 3 is 2.35 bits per heavy atom. The molecular weight excluding hydrogens is 279 g/mol. The molecule has 0 heterocycles. The molecule has 1 fully saturated rings. The van der Waals surface area contributed by atoms with Crippen LogP contribution in [0, 0.1) is 16.6 Å². The molecule has 3 nitrogen and oxygen atoms in total. The van der Waals surface area contributed by atoms with Gasteiger partial charge in [-0.15, -0.1) is 0 Å². The Labute approximate surface area is 123 Å². The second kappa shape index (κ2) is 4.71. The maximum absolute atomic E-state index is 13.8. The first-order valence-corrected chi connectivity index (χ1v) is 6.97. The Bertz CT molecular complexity index is 541. The van der Waals surface area contributed by atoms with Crippen LogP contribution in [0.1, 0.15) is 38.1 Å². The van der Waals surface area contributed by atoms with Crippen LogP contribution < -0.4 is 11.1 Å². The van der Waals surface area contributed by atoms with E-state index in [-0.39, 0.29) is 33.5 Å². The molecule has 0 bridgehead atoms. The Balaban J connectivity index is 2.20. The quantitative estimate of drug-likeness (QED) is 0.882. The van der Waals surface area contributed by atoms with Crippen molar-refractivity contribution < 1.29 is 9.18 Å². The lowest BCUT2D eigenvalue weighted by molar-refractivity contribution is -0.0664. The van der Waals surface area contributed by atoms with E-state index in [4.69, 9.17) is 17.3 Å². The molecule has 5 heteroatoms. The fourth-order valence-electron chi connectivity index (χ4n) is 3.43. The van der Waals surface area contributed by atoms with Crippen LogP contribution >= 0.6 is 11.6 Å². The van der Waals surface area contributed by atoms with Gasteiger partial charge in [0.05, 0.1) is 5.56 Å². The van der Waals surface area contributed by atoms with Crippen LogP contribution in [0.15, 0.2) is 18.2 Å². The van der Waals surface area contributed by atoms with Crippen molar-refractivity contribution in [2.45, 2.75) is 39.8 Å². The third kappa shape index (κ3) is 2.21. The summed E-state index contributed by atoms with van der Waals surface area (Å²) < 4.78 is 13.8. The summed E-state index contributed by atoms with van der Waals surface area (Å²) in [7, 11) is 0. The van der Waals surface area contributed by atoms with Gasteiger partial charge in [0.25, 0.3) is 5.91 Å². The fourth-order valence-corrected chi connectivity index (χ4v) is 3.59. The lowest BCUT2D eigenvalue weighted by atomic mass is 9.48. The number of hydrogen-bond acceptors (Lipinski definition) is 2. The van der Waals surface area contributed by atoms with Gasteiger partial charge < -0.3 is 11.1 Å². The van der Waals surface area contributed by atoms with Gasteiger partial charge in [-0.25, -0.2) is 4.39 Å². The van der Waals surface area contributed by atoms with E-state index >= 15 is 0 Å². The Morgan fingerprint density at radius 2 is 1.85 bits per heavy atom. The first-order chi connectivity index (χ1) is 9.08. The van der Waals surface area contributed by atoms with Gasteiger partial charge in [-0.3, -0.25) is 4.79 Å². The van der Waals surface area contributed by atoms with E-state index < -0.39 is 11.7 Å². The van der Waals surface area contributed by atoms with E-state index in [2.05, 4.69) is 5.32 Å². The normalized spacial score (nSPS) is 26.8. The molecule has 0 atom stereocenters. The summed E-state index contributed by atoms with van der Waals surface area (Å²) in [5, 5.41) is 3.17. The number of halogens is 2. The van der Waals surface area contributed by atoms with E-state index in [1.165, 1.54) is 12.1 Å². The summed E-state index contributed by atoms with van der Waals surface area (Å²) in [5.41, 5.74) is 5.71. The molecule has 1 saturated carbocycles. The van der Waals surface area contributed by atoms with Crippen LogP contribution in [0.2, 0.25) is 5.02 Å². The summed E-state index contributed by atoms with van der Waals surface area (Å²) in [6.45, 7) is 8.02. The molecule has 1 aliphatic carbocycles. The minimum Gasteiger partial charge on any atom is -0.348 e. The van der Waals surface area contributed by atoms with Crippen molar-refractivity contribution in [1.82, 2.24) is 5.32 Å². The molecule has 1 aromatic carbocycles. The fraction of sp³-hybridized carbons (Fsp3) is 0.533. The number of rotatable bonds is 2. The van der Waals surface area contributed by atoms with Crippen molar-refractivity contribution in [2.75, 3.05) is 0 Å². The largest absolute Gasteiger partial charge is 0.348 e. The van der Waals surface area contributed by atoms with Gasteiger partial charge in [-0.05, 0) is 18.2 Å². The molecule has 1 aliphatic rings. The molecule has 0 aromatic heterocycles. The summed E-state index contributed by atoms with van der Waals surface area (Å²) in [6, 6.07) is 3.91. The van der Waals surface area contributed by atoms with Crippen LogP contribution in [0.5, 0.6) is 0 Å². The van der Waals surface area contributed by atoms with Crippen LogP contribution in [0.4, 0.5) is 4.39 Å². The van der Waals surface area contributed by atoms with E-state index in [1.54, 1.807) is 0 Å². The van der Waals surface area contributed by atoms with Gasteiger partial charge in [-0.1, -0.05) is 39.3 Å². The van der Waals surface area contributed by atoms with E-state index in [0.29, 0.717) is 0 Å². The van der Waals surface area contributed by atoms with Crippen LogP contribution in [0.3, 0.4) is 0 Å². The van der Waals surface area contributed by atoms with Gasteiger partial charge >= 0.3 is 0 Å². The van der Waals surface area contributed by atoms with E-state index in [0.717, 1.165) is 6.07 Å². The summed E-state index contributed by atoms with van der Waals surface area (Å²) in [5.74, 6) is -1.05. The molecule has 3 N–H and O–H groups in total. The highest BCUT2D eigenvalue weighted by atomic mass is 35.5. The average molecular weight is 299 g/mol. The minimum atomic E-state index is -0.616. The van der Waals surface area contributed by atoms with E-state index in [1.807, 2.05) is 27.7 Å². The maximum atomic E-state index is 13.8. The molecule has 0 unspecified atom stereocenters. The lowest BCUT2D eigenvalue weighted by Gasteiger charge is -2.62. The van der Waals surface area contributed by atoms with Crippen molar-refractivity contribution in [3.05, 3.63) is 34.6 Å². The predicted molar refractivity (Wildman–Crippen MR) is 78.2 cm³/mol. The second-order valence-electron chi connectivity index (χ2n) is 6.65. The van der Waals surface area contributed by atoms with Gasteiger partial charge in [0.15, 0.2) is 0 Å². The predicted octanol–water partition coefficient (Wildman–Crippen LogP) is 2.97. The van der Waals surface area contributed by atoms with Crippen LogP contribution in [-0.4, -0.2) is 18.0 Å². The molecule has 0 aliphatic heterocycles. The summed E-state index contributed by atoms with van der Waals surface area (Å²) >= 11 is 5.69. The first-order valence-electron chi connectivity index (χ1n) is 6.60. The number of amides is 1. The van der Waals surface area contributed by atoms with Crippen molar-refractivity contribution in [1.29, 1.82) is 0 Å². The van der Waals surface area contributed by atoms with E-state index in [9.17, 15) is 9.18 Å². The molecule has 2 rings (SSSR count). The number of benzene rings is 1. The number of carbonyl (C=O) groups excluding carboxylic acids is 1. The van der Waals surface area contributed by atoms with Crippen molar-refractivity contribution in [3.63, 3.8) is 0 Å². The first kappa shape index (κ1) is 15.3. The number of nitrogens with one attached hydrogen (secondary N) is 1.